The average Bonchev–Trinajstić information content (AvgIpc) is 2.88. The van der Waals surface area contributed by atoms with Gasteiger partial charge in [0.05, 0.1) is 18.4 Å². The van der Waals surface area contributed by atoms with Gasteiger partial charge in [0.1, 0.15) is 0 Å². The Bertz CT molecular complexity index is 1390. The third-order valence-electron chi connectivity index (χ3n) is 4.86. The van der Waals surface area contributed by atoms with Gasteiger partial charge in [0.2, 0.25) is 5.95 Å². The number of hydrogen-bond donors (Lipinski definition) is 5. The summed E-state index contributed by atoms with van der Waals surface area (Å²) in [5.41, 5.74) is 6.51. The number of carboxylic acids is 1. The van der Waals surface area contributed by atoms with E-state index in [9.17, 15) is 24.3 Å². The van der Waals surface area contributed by atoms with Gasteiger partial charge in [-0.25, -0.2) is 9.97 Å². The molecule has 1 atom stereocenters. The molecule has 1 aromatic carbocycles. The summed E-state index contributed by atoms with van der Waals surface area (Å²) in [6, 6.07) is 4.97. The van der Waals surface area contributed by atoms with Gasteiger partial charge in [0.25, 0.3) is 5.56 Å². The van der Waals surface area contributed by atoms with E-state index in [1.165, 1.54) is 18.3 Å². The Morgan fingerprint density at radius 2 is 2.00 bits per heavy atom. The number of hydrogen-bond acceptors (Lipinski definition) is 11. The number of amides is 1. The number of aromatic amines is 1. The molecule has 192 valence electrons. The molecule has 2 heterocycles. The number of anilines is 2. The Kier molecular flexibility index (Phi) is 9.47. The van der Waals surface area contributed by atoms with Gasteiger partial charge in [-0.2, -0.15) is 4.98 Å². The second kappa shape index (κ2) is 13.0. The van der Waals surface area contributed by atoms with Crippen molar-refractivity contribution in [1.29, 1.82) is 5.26 Å². The molecule has 1 amide bonds. The van der Waals surface area contributed by atoms with Gasteiger partial charge in [-0.1, -0.05) is 0 Å². The number of nitrogens with one attached hydrogen (secondary N) is 3. The summed E-state index contributed by atoms with van der Waals surface area (Å²) in [5.74, 6) is -2.54. The molecule has 3 aromatic rings. The van der Waals surface area contributed by atoms with Gasteiger partial charge >= 0.3 is 133 Å². The number of carbonyl (C=O) groups excluding carboxylic acids is 2. The number of carboxylic acid groups (broad SMARTS) is 1. The normalized spacial score (nSPS) is 11.3. The molecule has 0 radical (unpaired) electrons. The molecule has 0 saturated heterocycles. The van der Waals surface area contributed by atoms with Crippen LogP contribution >= 0.6 is 0 Å². The van der Waals surface area contributed by atoms with Crippen molar-refractivity contribution in [2.24, 2.45) is 0 Å². The molecule has 6 N–H and O–H groups in total. The maximum atomic E-state index is 12.5. The molecule has 0 spiro atoms. The number of fused-ring (bicyclic) bond motifs is 1. The molecular formula is C22H22N8O6Se. The Hall–Kier alpha value is -4.54. The molecule has 15 heteroatoms. The summed E-state index contributed by atoms with van der Waals surface area (Å²) >= 11 is -0.263. The third-order valence-corrected chi connectivity index (χ3v) is 5.91. The second-order valence-corrected chi connectivity index (χ2v) is 9.32. The van der Waals surface area contributed by atoms with Gasteiger partial charge in [-0.3, -0.25) is 9.78 Å². The standard InChI is InChI=1S/C22H22N8O6Se/c23-11-37-8-7-36-16(31)6-5-15(21(34)35)28-19(32)12-1-3-13(4-2-12)25-9-14-10-26-18-17(27-14)20(33)30-22(24)29-18/h1-4,10,15,25H,5-9H2,(H,28,32)(H,34,35)(H3,24,26,29,30,33). The zero-order chi connectivity index (χ0) is 26.8. The van der Waals surface area contributed by atoms with Crippen LogP contribution in [0.4, 0.5) is 11.6 Å². The van der Waals surface area contributed by atoms with E-state index in [1.807, 2.05) is 4.97 Å². The van der Waals surface area contributed by atoms with Crippen LogP contribution in [-0.4, -0.2) is 70.5 Å². The molecule has 14 nitrogen and oxygen atoms in total. The number of esters is 1. The van der Waals surface area contributed by atoms with Crippen LogP contribution in [0.25, 0.3) is 11.2 Å². The van der Waals surface area contributed by atoms with Gasteiger partial charge < -0.3 is 11.1 Å². The number of benzene rings is 1. The van der Waals surface area contributed by atoms with Crippen LogP contribution in [0.2, 0.25) is 5.32 Å². The van der Waals surface area contributed by atoms with Crippen molar-refractivity contribution >= 4 is 55.6 Å². The number of aromatic nitrogens is 4. The van der Waals surface area contributed by atoms with Gasteiger partial charge in [-0.15, -0.1) is 0 Å². The predicted octanol–water partition coefficient (Wildman–Crippen LogP) is 0.0174. The van der Waals surface area contributed by atoms with Crippen molar-refractivity contribution in [3.05, 3.63) is 52.1 Å². The van der Waals surface area contributed by atoms with Crippen LogP contribution in [-0.2, 0) is 20.9 Å². The number of nitrogens with two attached hydrogens (primary N) is 1. The fourth-order valence-electron chi connectivity index (χ4n) is 3.06. The van der Waals surface area contributed by atoms with E-state index < -0.39 is 29.4 Å². The summed E-state index contributed by atoms with van der Waals surface area (Å²) < 4.78 is 4.94. The van der Waals surface area contributed by atoms with Crippen LogP contribution in [0, 0.1) is 10.2 Å². The molecule has 0 saturated carbocycles. The number of nitrogens with zero attached hydrogens (tertiary/aromatic N) is 4. The van der Waals surface area contributed by atoms with Gasteiger partial charge in [0.15, 0.2) is 11.2 Å². The van der Waals surface area contributed by atoms with Crippen LogP contribution in [0.3, 0.4) is 0 Å². The molecule has 3 rings (SSSR count). The van der Waals surface area contributed by atoms with Gasteiger partial charge in [-0.05, 0) is 0 Å². The maximum absolute atomic E-state index is 12.5. The minimum atomic E-state index is -1.28. The molecule has 37 heavy (non-hydrogen) atoms. The average molecular weight is 573 g/mol. The number of H-pyrrole nitrogens is 1. The van der Waals surface area contributed by atoms with Crippen LogP contribution in [0.15, 0.2) is 35.3 Å². The fraction of sp³-hybridized carbons (Fsp3) is 0.273. The summed E-state index contributed by atoms with van der Waals surface area (Å²) in [6.45, 7) is 0.335. The van der Waals surface area contributed by atoms with Crippen molar-refractivity contribution in [2.45, 2.75) is 30.7 Å². The SMILES string of the molecule is N#C[Se]CCOC(=O)CCC(NC(=O)c1ccc(NCc2cnc3nc(N)[nH]c(=O)c3n2)cc1)C(=O)O. The number of rotatable bonds is 12. The first-order chi connectivity index (χ1) is 17.8. The van der Waals surface area contributed by atoms with E-state index in [1.54, 1.807) is 12.1 Å². The summed E-state index contributed by atoms with van der Waals surface area (Å²) in [5, 5.41) is 23.8. The van der Waals surface area contributed by atoms with Gasteiger partial charge in [0, 0.05) is 5.69 Å². The zero-order valence-corrected chi connectivity index (χ0v) is 21.0. The third kappa shape index (κ3) is 7.99. The Balaban J connectivity index is 1.53. The quantitative estimate of drug-likeness (QED) is 0.110. The Labute approximate surface area is 215 Å². The van der Waals surface area contributed by atoms with E-state index in [2.05, 4.69) is 30.6 Å². The Morgan fingerprint density at radius 3 is 2.70 bits per heavy atom. The molecule has 0 aliphatic carbocycles. The van der Waals surface area contributed by atoms with E-state index in [0.717, 1.165) is 0 Å². The van der Waals surface area contributed by atoms with Crippen LogP contribution < -0.4 is 21.9 Å². The molecule has 0 aliphatic heterocycles. The number of aliphatic carboxylic acids is 1. The van der Waals surface area contributed by atoms with E-state index >= 15 is 0 Å². The summed E-state index contributed by atoms with van der Waals surface area (Å²) in [7, 11) is 0. The number of nitriles is 1. The monoisotopic (exact) mass is 574 g/mol. The number of nitrogen functional groups attached to an aromatic ring is 1. The fourth-order valence-corrected chi connectivity index (χ4v) is 3.61. The van der Waals surface area contributed by atoms with E-state index in [4.69, 9.17) is 15.7 Å². The molecule has 0 bridgehead atoms. The van der Waals surface area contributed by atoms with Crippen LogP contribution in [0.1, 0.15) is 28.9 Å². The second-order valence-electron chi connectivity index (χ2n) is 7.48. The van der Waals surface area contributed by atoms with E-state index in [0.29, 0.717) is 16.7 Å². The minimum absolute atomic E-state index is 0.0530. The van der Waals surface area contributed by atoms with Crippen molar-refractivity contribution in [1.82, 2.24) is 25.3 Å². The molecule has 0 fully saturated rings. The first kappa shape index (κ1) is 27.1. The first-order valence-electron chi connectivity index (χ1n) is 10.8. The van der Waals surface area contributed by atoms with Crippen molar-refractivity contribution in [3.8, 4) is 4.97 Å². The van der Waals surface area contributed by atoms with Crippen molar-refractivity contribution in [3.63, 3.8) is 0 Å². The summed E-state index contributed by atoms with van der Waals surface area (Å²) in [4.78, 5) is 64.3. The van der Waals surface area contributed by atoms with Crippen molar-refractivity contribution < 1.29 is 24.2 Å². The Morgan fingerprint density at radius 1 is 1.24 bits per heavy atom. The number of ether oxygens (including phenoxy) is 1. The predicted molar refractivity (Wildman–Crippen MR) is 131 cm³/mol. The van der Waals surface area contributed by atoms with E-state index in [-0.39, 0.29) is 63.6 Å². The van der Waals surface area contributed by atoms with Crippen LogP contribution in [0.5, 0.6) is 0 Å². The first-order valence-corrected chi connectivity index (χ1v) is 12.9. The topological polar surface area (TPSA) is 226 Å². The molecule has 1 unspecified atom stereocenters. The van der Waals surface area contributed by atoms with Crippen molar-refractivity contribution in [2.75, 3.05) is 17.7 Å². The zero-order valence-electron chi connectivity index (χ0n) is 19.3. The molecule has 2 aromatic heterocycles. The summed E-state index contributed by atoms with van der Waals surface area (Å²) in [6.07, 6.45) is 1.13. The number of carbonyl (C=O) groups is 3. The molecule has 0 aliphatic rings. The molecular weight excluding hydrogens is 551 g/mol.